The Balaban J connectivity index is 2.01. The van der Waals surface area contributed by atoms with Gasteiger partial charge in [-0.2, -0.15) is 5.26 Å². The van der Waals surface area contributed by atoms with Crippen LogP contribution < -0.4 is 10.5 Å². The lowest BCUT2D eigenvalue weighted by atomic mass is 9.80. The number of aliphatic carboxylic acids is 1. The van der Waals surface area contributed by atoms with Gasteiger partial charge >= 0.3 is 5.97 Å². The SMILES string of the molecule is CN(C)CCOc1cccc(-c2c(C#N)c(N)nc3c2CC(CC(=O)O)CC3)c1. The van der Waals surface area contributed by atoms with Crippen molar-refractivity contribution < 1.29 is 14.6 Å². The molecule has 0 saturated carbocycles. The number of hydrogen-bond acceptors (Lipinski definition) is 6. The Morgan fingerprint density at radius 2 is 2.24 bits per heavy atom. The standard InChI is InChI=1S/C22H26N4O3/c1-26(2)8-9-29-16-5-3-4-15(12-16)21-17-10-14(11-20(27)28)6-7-19(17)25-22(24)18(21)13-23/h3-5,12,14H,6-11H2,1-2H3,(H2,24,25)(H,27,28). The summed E-state index contributed by atoms with van der Waals surface area (Å²) in [6.45, 7) is 1.35. The molecule has 29 heavy (non-hydrogen) atoms. The fourth-order valence-electron chi connectivity index (χ4n) is 3.79. The number of benzene rings is 1. The largest absolute Gasteiger partial charge is 0.492 e. The van der Waals surface area contributed by atoms with Crippen LogP contribution in [0.25, 0.3) is 11.1 Å². The minimum atomic E-state index is -0.805. The highest BCUT2D eigenvalue weighted by Crippen LogP contribution is 2.39. The van der Waals surface area contributed by atoms with E-state index in [0.29, 0.717) is 25.0 Å². The van der Waals surface area contributed by atoms with Crippen molar-refractivity contribution in [2.24, 2.45) is 5.92 Å². The second-order valence-corrected chi connectivity index (χ2v) is 7.67. The van der Waals surface area contributed by atoms with Crippen molar-refractivity contribution in [2.45, 2.75) is 25.7 Å². The first-order valence-corrected chi connectivity index (χ1v) is 9.70. The lowest BCUT2D eigenvalue weighted by Gasteiger charge is -2.26. The van der Waals surface area contributed by atoms with Gasteiger partial charge in [-0.3, -0.25) is 4.79 Å². The number of aromatic nitrogens is 1. The van der Waals surface area contributed by atoms with Crippen LogP contribution in [-0.2, 0) is 17.6 Å². The van der Waals surface area contributed by atoms with Crippen molar-refractivity contribution >= 4 is 11.8 Å². The number of fused-ring (bicyclic) bond motifs is 1. The minimum Gasteiger partial charge on any atom is -0.492 e. The van der Waals surface area contributed by atoms with E-state index in [1.165, 1.54) is 0 Å². The Kier molecular flexibility index (Phi) is 6.35. The number of aryl methyl sites for hydroxylation is 1. The summed E-state index contributed by atoms with van der Waals surface area (Å²) in [6, 6.07) is 9.80. The number of carboxylic acid groups (broad SMARTS) is 1. The summed E-state index contributed by atoms with van der Waals surface area (Å²) in [5, 5.41) is 18.9. The number of pyridine rings is 1. The number of carboxylic acids is 1. The average molecular weight is 394 g/mol. The molecule has 1 aromatic carbocycles. The third-order valence-electron chi connectivity index (χ3n) is 5.20. The summed E-state index contributed by atoms with van der Waals surface area (Å²) in [5.74, 6) is 0.155. The second-order valence-electron chi connectivity index (χ2n) is 7.67. The summed E-state index contributed by atoms with van der Waals surface area (Å²) < 4.78 is 5.85. The van der Waals surface area contributed by atoms with Crippen LogP contribution in [0.15, 0.2) is 24.3 Å². The molecule has 152 valence electrons. The Labute approximate surface area is 170 Å². The molecular formula is C22H26N4O3. The van der Waals surface area contributed by atoms with Gasteiger partial charge in [0, 0.05) is 24.2 Å². The van der Waals surface area contributed by atoms with Crippen molar-refractivity contribution in [3.8, 4) is 22.9 Å². The van der Waals surface area contributed by atoms with Gasteiger partial charge < -0.3 is 20.5 Å². The highest BCUT2D eigenvalue weighted by molar-refractivity contribution is 5.80. The first kappa shape index (κ1) is 20.6. The van der Waals surface area contributed by atoms with Gasteiger partial charge in [-0.1, -0.05) is 12.1 Å². The van der Waals surface area contributed by atoms with Crippen LogP contribution >= 0.6 is 0 Å². The highest BCUT2D eigenvalue weighted by atomic mass is 16.5. The molecule has 0 radical (unpaired) electrons. The van der Waals surface area contributed by atoms with Crippen molar-refractivity contribution in [3.05, 3.63) is 41.1 Å². The second kappa shape index (κ2) is 8.93. The molecule has 0 bridgehead atoms. The molecule has 0 aliphatic heterocycles. The van der Waals surface area contributed by atoms with Crippen LogP contribution in [0, 0.1) is 17.2 Å². The molecule has 1 heterocycles. The zero-order chi connectivity index (χ0) is 21.0. The van der Waals surface area contributed by atoms with Gasteiger partial charge in [0.25, 0.3) is 0 Å². The van der Waals surface area contributed by atoms with Crippen LogP contribution in [0.3, 0.4) is 0 Å². The molecule has 2 aromatic rings. The summed E-state index contributed by atoms with van der Waals surface area (Å²) >= 11 is 0. The molecule has 0 saturated heterocycles. The number of hydrogen-bond donors (Lipinski definition) is 2. The van der Waals surface area contributed by atoms with Crippen LogP contribution in [0.1, 0.15) is 29.7 Å². The fourth-order valence-corrected chi connectivity index (χ4v) is 3.79. The molecule has 1 aliphatic carbocycles. The van der Waals surface area contributed by atoms with Gasteiger partial charge in [0.05, 0.1) is 0 Å². The Bertz CT molecular complexity index is 950. The van der Waals surface area contributed by atoms with Crippen LogP contribution in [0.2, 0.25) is 0 Å². The number of anilines is 1. The van der Waals surface area contributed by atoms with Gasteiger partial charge in [-0.05, 0) is 62.5 Å². The lowest BCUT2D eigenvalue weighted by molar-refractivity contribution is -0.138. The molecule has 3 N–H and O–H groups in total. The Morgan fingerprint density at radius 3 is 2.93 bits per heavy atom. The monoisotopic (exact) mass is 394 g/mol. The number of likely N-dealkylation sites (N-methyl/N-ethyl adjacent to an activating group) is 1. The van der Waals surface area contributed by atoms with Crippen molar-refractivity contribution in [1.29, 1.82) is 5.26 Å². The number of ether oxygens (including phenoxy) is 1. The maximum atomic E-state index is 11.2. The molecule has 3 rings (SSSR count). The summed E-state index contributed by atoms with van der Waals surface area (Å²) in [6.07, 6.45) is 2.10. The molecule has 7 nitrogen and oxygen atoms in total. The fraction of sp³-hybridized carbons (Fsp3) is 0.409. The third-order valence-corrected chi connectivity index (χ3v) is 5.20. The van der Waals surface area contributed by atoms with Gasteiger partial charge in [0.2, 0.25) is 0 Å². The summed E-state index contributed by atoms with van der Waals surface area (Å²) in [5.41, 5.74) is 9.81. The average Bonchev–Trinajstić information content (AvgIpc) is 2.66. The number of nitriles is 1. The van der Waals surface area contributed by atoms with Crippen LogP contribution in [0.5, 0.6) is 5.75 Å². The molecule has 0 spiro atoms. The minimum absolute atomic E-state index is 0.0234. The zero-order valence-electron chi connectivity index (χ0n) is 16.8. The van der Waals surface area contributed by atoms with Gasteiger partial charge in [-0.25, -0.2) is 4.98 Å². The molecule has 0 fully saturated rings. The predicted molar refractivity (Wildman–Crippen MR) is 111 cm³/mol. The third kappa shape index (κ3) is 4.84. The number of nitrogen functional groups attached to an aromatic ring is 1. The maximum absolute atomic E-state index is 11.2. The smallest absolute Gasteiger partial charge is 0.303 e. The van der Waals surface area contributed by atoms with Gasteiger partial charge in [0.1, 0.15) is 29.8 Å². The van der Waals surface area contributed by atoms with Crippen molar-refractivity contribution in [2.75, 3.05) is 33.0 Å². The van der Waals surface area contributed by atoms with E-state index in [4.69, 9.17) is 10.5 Å². The van der Waals surface area contributed by atoms with E-state index < -0.39 is 5.97 Å². The topological polar surface area (TPSA) is 112 Å². The van der Waals surface area contributed by atoms with Gasteiger partial charge in [-0.15, -0.1) is 0 Å². The molecule has 7 heteroatoms. The molecular weight excluding hydrogens is 368 g/mol. The van der Waals surface area contributed by atoms with E-state index in [2.05, 4.69) is 11.1 Å². The van der Waals surface area contributed by atoms with E-state index in [9.17, 15) is 15.2 Å². The first-order valence-electron chi connectivity index (χ1n) is 9.70. The highest BCUT2D eigenvalue weighted by Gasteiger charge is 2.27. The molecule has 1 atom stereocenters. The first-order chi connectivity index (χ1) is 13.9. The number of rotatable bonds is 7. The number of nitrogens with zero attached hydrogens (tertiary/aromatic N) is 3. The van der Waals surface area contributed by atoms with E-state index in [1.54, 1.807) is 0 Å². The molecule has 1 aromatic heterocycles. The molecule has 1 aliphatic rings. The summed E-state index contributed by atoms with van der Waals surface area (Å²) in [4.78, 5) is 17.7. The normalized spacial score (nSPS) is 15.6. The Hall–Kier alpha value is -3.11. The van der Waals surface area contributed by atoms with Crippen molar-refractivity contribution in [1.82, 2.24) is 9.88 Å². The van der Waals surface area contributed by atoms with E-state index in [0.717, 1.165) is 41.1 Å². The van der Waals surface area contributed by atoms with Gasteiger partial charge in [0.15, 0.2) is 0 Å². The predicted octanol–water partition coefficient (Wildman–Crippen LogP) is 2.72. The number of carbonyl (C=O) groups is 1. The maximum Gasteiger partial charge on any atom is 0.303 e. The van der Waals surface area contributed by atoms with Crippen LogP contribution in [0.4, 0.5) is 5.82 Å². The lowest BCUT2D eigenvalue weighted by Crippen LogP contribution is -2.21. The molecule has 0 amide bonds. The Morgan fingerprint density at radius 1 is 1.45 bits per heavy atom. The van der Waals surface area contributed by atoms with E-state index in [1.807, 2.05) is 43.3 Å². The quantitative estimate of drug-likeness (QED) is 0.742. The van der Waals surface area contributed by atoms with E-state index >= 15 is 0 Å². The van der Waals surface area contributed by atoms with Crippen LogP contribution in [-0.4, -0.2) is 48.2 Å². The van der Waals surface area contributed by atoms with E-state index in [-0.39, 0.29) is 18.2 Å². The summed E-state index contributed by atoms with van der Waals surface area (Å²) in [7, 11) is 3.97. The van der Waals surface area contributed by atoms with Crippen molar-refractivity contribution in [3.63, 3.8) is 0 Å². The zero-order valence-corrected chi connectivity index (χ0v) is 16.8. The molecule has 1 unspecified atom stereocenters. The number of nitrogens with two attached hydrogens (primary N) is 1.